The van der Waals surface area contributed by atoms with Crippen LogP contribution in [0.15, 0.2) is 24.3 Å². The predicted molar refractivity (Wildman–Crippen MR) is 67.0 cm³/mol. The van der Waals surface area contributed by atoms with Crippen molar-refractivity contribution in [3.8, 4) is 0 Å². The quantitative estimate of drug-likeness (QED) is 0.670. The Morgan fingerprint density at radius 3 is 1.92 bits per heavy atom. The van der Waals surface area contributed by atoms with E-state index in [1.165, 1.54) is 9.13 Å². The molecular weight excluding hydrogens is 271 g/mol. The molecule has 0 bridgehead atoms. The van der Waals surface area contributed by atoms with Crippen molar-refractivity contribution < 1.29 is 0 Å². The highest BCUT2D eigenvalue weighted by Gasteiger charge is 2.21. The molecule has 1 rings (SSSR count). The Kier molecular flexibility index (Phi) is 3.38. The van der Waals surface area contributed by atoms with Gasteiger partial charge in [-0.1, -0.05) is 39.8 Å². The van der Waals surface area contributed by atoms with E-state index in [9.17, 15) is 0 Å². The van der Waals surface area contributed by atoms with E-state index in [1.807, 2.05) is 0 Å². The lowest BCUT2D eigenvalue weighted by Gasteiger charge is -2.27. The summed E-state index contributed by atoms with van der Waals surface area (Å²) in [5.41, 5.74) is 1.79. The van der Waals surface area contributed by atoms with Gasteiger partial charge in [-0.05, 0) is 51.6 Å². The smallest absolute Gasteiger partial charge is 0.0130 e. The molecule has 0 saturated carbocycles. The van der Waals surface area contributed by atoms with Gasteiger partial charge in [0.15, 0.2) is 0 Å². The molecule has 1 aromatic carbocycles. The molecule has 72 valence electrons. The largest absolute Gasteiger partial charge is 0.0596 e. The van der Waals surface area contributed by atoms with Crippen molar-refractivity contribution >= 4 is 22.6 Å². The fraction of sp³-hybridized carbons (Fsp3) is 0.500. The maximum absolute atomic E-state index is 2.34. The van der Waals surface area contributed by atoms with Crippen molar-refractivity contribution in [2.24, 2.45) is 5.41 Å². The topological polar surface area (TPSA) is 0 Å². The number of hydrogen-bond donors (Lipinski definition) is 0. The molecule has 0 aliphatic carbocycles. The monoisotopic (exact) mass is 288 g/mol. The summed E-state index contributed by atoms with van der Waals surface area (Å²) in [7, 11) is 0. The van der Waals surface area contributed by atoms with Crippen LogP contribution in [-0.2, 0) is 0 Å². The Morgan fingerprint density at radius 2 is 1.54 bits per heavy atom. The van der Waals surface area contributed by atoms with Gasteiger partial charge in [0.05, 0.1) is 0 Å². The van der Waals surface area contributed by atoms with Crippen LogP contribution in [0.5, 0.6) is 0 Å². The fourth-order valence-corrected chi connectivity index (χ4v) is 1.61. The summed E-state index contributed by atoms with van der Waals surface area (Å²) < 4.78 is 1.31. The number of rotatable bonds is 1. The van der Waals surface area contributed by atoms with Gasteiger partial charge in [-0.15, -0.1) is 0 Å². The second-order valence-corrected chi connectivity index (χ2v) is 5.88. The first-order valence-electron chi connectivity index (χ1n) is 4.67. The molecule has 1 heteroatoms. The molecule has 0 aliphatic heterocycles. The van der Waals surface area contributed by atoms with Gasteiger partial charge in [0.2, 0.25) is 0 Å². The number of halogens is 1. The summed E-state index contributed by atoms with van der Waals surface area (Å²) in [6, 6.07) is 8.83. The van der Waals surface area contributed by atoms with Gasteiger partial charge in [0, 0.05) is 3.57 Å². The third-order valence-electron chi connectivity index (χ3n) is 2.67. The van der Waals surface area contributed by atoms with Crippen molar-refractivity contribution in [1.29, 1.82) is 0 Å². The van der Waals surface area contributed by atoms with Crippen molar-refractivity contribution in [3.63, 3.8) is 0 Å². The maximum Gasteiger partial charge on any atom is 0.0130 e. The first-order valence-corrected chi connectivity index (χ1v) is 5.74. The predicted octanol–water partition coefficient (Wildman–Crippen LogP) is 4.44. The fourth-order valence-electron chi connectivity index (χ4n) is 1.25. The molecule has 1 aromatic rings. The summed E-state index contributed by atoms with van der Waals surface area (Å²) in [6.45, 7) is 9.16. The average molecular weight is 288 g/mol. The lowest BCUT2D eigenvalue weighted by Crippen LogP contribution is -2.15. The molecule has 0 spiro atoms. The summed E-state index contributed by atoms with van der Waals surface area (Å²) >= 11 is 2.34. The molecule has 1 unspecified atom stereocenters. The SMILES string of the molecule is CC(c1ccc(I)cc1)C(C)(C)C. The first kappa shape index (κ1) is 11.0. The van der Waals surface area contributed by atoms with E-state index < -0.39 is 0 Å². The number of hydrogen-bond acceptors (Lipinski definition) is 0. The Morgan fingerprint density at radius 1 is 1.08 bits per heavy atom. The Bertz CT molecular complexity index is 266. The Labute approximate surface area is 94.9 Å². The molecule has 0 radical (unpaired) electrons. The Hall–Kier alpha value is -0.0500. The highest BCUT2D eigenvalue weighted by molar-refractivity contribution is 14.1. The molecule has 0 saturated heterocycles. The summed E-state index contributed by atoms with van der Waals surface area (Å²) in [4.78, 5) is 0. The van der Waals surface area contributed by atoms with Crippen molar-refractivity contribution in [1.82, 2.24) is 0 Å². The third kappa shape index (κ3) is 2.97. The zero-order valence-corrected chi connectivity index (χ0v) is 10.9. The highest BCUT2D eigenvalue weighted by atomic mass is 127. The van der Waals surface area contributed by atoms with E-state index in [1.54, 1.807) is 0 Å². The molecule has 0 aromatic heterocycles. The standard InChI is InChI=1S/C12H17I/c1-9(12(2,3)4)10-5-7-11(13)8-6-10/h5-9H,1-4H3. The molecule has 0 aliphatic rings. The van der Waals surface area contributed by atoms with Gasteiger partial charge in [-0.3, -0.25) is 0 Å². The molecule has 0 heterocycles. The molecule has 0 N–H and O–H groups in total. The normalized spacial score (nSPS) is 14.2. The molecule has 0 fully saturated rings. The van der Waals surface area contributed by atoms with Crippen molar-refractivity contribution in [3.05, 3.63) is 33.4 Å². The van der Waals surface area contributed by atoms with Gasteiger partial charge in [-0.2, -0.15) is 0 Å². The maximum atomic E-state index is 2.34. The van der Waals surface area contributed by atoms with Crippen molar-refractivity contribution in [2.45, 2.75) is 33.6 Å². The van der Waals surface area contributed by atoms with Crippen LogP contribution in [0.25, 0.3) is 0 Å². The van der Waals surface area contributed by atoms with E-state index in [0.717, 1.165) is 0 Å². The zero-order valence-electron chi connectivity index (χ0n) is 8.76. The summed E-state index contributed by atoms with van der Waals surface area (Å²) in [6.07, 6.45) is 0. The van der Waals surface area contributed by atoms with E-state index >= 15 is 0 Å². The summed E-state index contributed by atoms with van der Waals surface area (Å²) in [5, 5.41) is 0. The van der Waals surface area contributed by atoms with Gasteiger partial charge in [0.25, 0.3) is 0 Å². The highest BCUT2D eigenvalue weighted by Crippen LogP contribution is 2.34. The van der Waals surface area contributed by atoms with E-state index in [-0.39, 0.29) is 0 Å². The second-order valence-electron chi connectivity index (χ2n) is 4.64. The zero-order chi connectivity index (χ0) is 10.1. The van der Waals surface area contributed by atoms with Crippen LogP contribution in [-0.4, -0.2) is 0 Å². The van der Waals surface area contributed by atoms with E-state index in [2.05, 4.69) is 74.6 Å². The van der Waals surface area contributed by atoms with E-state index in [4.69, 9.17) is 0 Å². The van der Waals surface area contributed by atoms with Crippen LogP contribution in [0.3, 0.4) is 0 Å². The van der Waals surface area contributed by atoms with E-state index in [0.29, 0.717) is 11.3 Å². The van der Waals surface area contributed by atoms with Crippen LogP contribution in [0.1, 0.15) is 39.2 Å². The lowest BCUT2D eigenvalue weighted by molar-refractivity contribution is 0.339. The third-order valence-corrected chi connectivity index (χ3v) is 3.39. The average Bonchev–Trinajstić information content (AvgIpc) is 2.03. The van der Waals surface area contributed by atoms with Crippen molar-refractivity contribution in [2.75, 3.05) is 0 Å². The van der Waals surface area contributed by atoms with Crippen LogP contribution in [0, 0.1) is 8.99 Å². The molecule has 0 nitrogen and oxygen atoms in total. The van der Waals surface area contributed by atoms with Crippen LogP contribution in [0.2, 0.25) is 0 Å². The van der Waals surface area contributed by atoms with Crippen LogP contribution in [0.4, 0.5) is 0 Å². The molecule has 1 atom stereocenters. The van der Waals surface area contributed by atoms with Gasteiger partial charge >= 0.3 is 0 Å². The van der Waals surface area contributed by atoms with Crippen LogP contribution >= 0.6 is 22.6 Å². The van der Waals surface area contributed by atoms with Gasteiger partial charge in [0.1, 0.15) is 0 Å². The first-order chi connectivity index (χ1) is 5.91. The lowest BCUT2D eigenvalue weighted by atomic mass is 9.78. The van der Waals surface area contributed by atoms with Gasteiger partial charge in [-0.25, -0.2) is 0 Å². The second kappa shape index (κ2) is 3.99. The van der Waals surface area contributed by atoms with Gasteiger partial charge < -0.3 is 0 Å². The molecule has 13 heavy (non-hydrogen) atoms. The minimum absolute atomic E-state index is 0.354. The minimum atomic E-state index is 0.354. The van der Waals surface area contributed by atoms with Crippen LogP contribution < -0.4 is 0 Å². The minimum Gasteiger partial charge on any atom is -0.0596 e. The Balaban J connectivity index is 2.90. The molecule has 0 amide bonds. The summed E-state index contributed by atoms with van der Waals surface area (Å²) in [5.74, 6) is 0.615. The number of benzene rings is 1. The molecular formula is C12H17I.